The number of benzene rings is 3. The SMILES string of the molecule is CCCCCCCCC(=O)N(CCc1ccccc1)C(C)c1nc2ccccc2c(=O)n1-c1cc(C)ccc1OC. The van der Waals surface area contributed by atoms with Crippen LogP contribution in [0.5, 0.6) is 5.75 Å². The van der Waals surface area contributed by atoms with Crippen molar-refractivity contribution in [3.8, 4) is 11.4 Å². The number of para-hydroxylation sites is 1. The topological polar surface area (TPSA) is 64.4 Å². The maximum absolute atomic E-state index is 14.1. The van der Waals surface area contributed by atoms with E-state index < -0.39 is 6.04 Å². The van der Waals surface area contributed by atoms with Crippen LogP contribution >= 0.6 is 0 Å². The molecule has 0 aliphatic carbocycles. The van der Waals surface area contributed by atoms with Crippen LogP contribution in [0.25, 0.3) is 16.6 Å². The second kappa shape index (κ2) is 14.6. The Morgan fingerprint density at radius 1 is 0.951 bits per heavy atom. The zero-order valence-electron chi connectivity index (χ0n) is 24.9. The molecular formula is C35H43N3O3. The molecule has 0 bridgehead atoms. The lowest BCUT2D eigenvalue weighted by Crippen LogP contribution is -2.38. The first-order valence-electron chi connectivity index (χ1n) is 14.9. The molecule has 1 amide bonds. The molecule has 1 unspecified atom stereocenters. The molecule has 0 N–H and O–H groups in total. The monoisotopic (exact) mass is 553 g/mol. The van der Waals surface area contributed by atoms with Gasteiger partial charge >= 0.3 is 0 Å². The van der Waals surface area contributed by atoms with Gasteiger partial charge in [0, 0.05) is 13.0 Å². The molecule has 6 nitrogen and oxygen atoms in total. The Labute approximate surface area is 244 Å². The van der Waals surface area contributed by atoms with Crippen molar-refractivity contribution in [1.82, 2.24) is 14.5 Å². The minimum Gasteiger partial charge on any atom is -0.495 e. The molecule has 1 aromatic heterocycles. The van der Waals surface area contributed by atoms with Crippen LogP contribution in [0.3, 0.4) is 0 Å². The fourth-order valence-corrected chi connectivity index (χ4v) is 5.41. The van der Waals surface area contributed by atoms with Crippen molar-refractivity contribution in [1.29, 1.82) is 0 Å². The Morgan fingerprint density at radius 3 is 2.41 bits per heavy atom. The molecule has 0 saturated carbocycles. The third kappa shape index (κ3) is 7.43. The Balaban J connectivity index is 1.75. The number of aromatic nitrogens is 2. The summed E-state index contributed by atoms with van der Waals surface area (Å²) in [5, 5.41) is 0.529. The van der Waals surface area contributed by atoms with Gasteiger partial charge in [0.05, 0.1) is 29.7 Å². The zero-order chi connectivity index (χ0) is 29.2. The number of hydrogen-bond acceptors (Lipinski definition) is 4. The van der Waals surface area contributed by atoms with Crippen molar-refractivity contribution in [2.24, 2.45) is 0 Å². The van der Waals surface area contributed by atoms with Gasteiger partial charge in [-0.1, -0.05) is 87.6 Å². The summed E-state index contributed by atoms with van der Waals surface area (Å²) in [6.45, 7) is 6.72. The molecule has 0 spiro atoms. The number of nitrogens with zero attached hydrogens (tertiary/aromatic N) is 3. The predicted octanol–water partition coefficient (Wildman–Crippen LogP) is 7.59. The molecule has 0 fully saturated rings. The number of hydrogen-bond donors (Lipinski definition) is 0. The van der Waals surface area contributed by atoms with E-state index in [1.54, 1.807) is 17.7 Å². The Hall–Kier alpha value is -3.93. The molecule has 3 aromatic carbocycles. The van der Waals surface area contributed by atoms with E-state index in [9.17, 15) is 9.59 Å². The van der Waals surface area contributed by atoms with Crippen molar-refractivity contribution in [2.45, 2.75) is 78.2 Å². The summed E-state index contributed by atoms with van der Waals surface area (Å²) in [5.41, 5.74) is 3.24. The van der Waals surface area contributed by atoms with Crippen LogP contribution in [0, 0.1) is 6.92 Å². The van der Waals surface area contributed by atoms with E-state index in [4.69, 9.17) is 9.72 Å². The minimum atomic E-state index is -0.436. The number of methoxy groups -OCH3 is 1. The normalized spacial score (nSPS) is 11.9. The quantitative estimate of drug-likeness (QED) is 0.151. The van der Waals surface area contributed by atoms with Gasteiger partial charge in [-0.2, -0.15) is 0 Å². The first kappa shape index (κ1) is 30.0. The van der Waals surface area contributed by atoms with Gasteiger partial charge in [0.2, 0.25) is 5.91 Å². The Morgan fingerprint density at radius 2 is 1.66 bits per heavy atom. The van der Waals surface area contributed by atoms with Crippen molar-refractivity contribution >= 4 is 16.8 Å². The largest absolute Gasteiger partial charge is 0.495 e. The first-order valence-corrected chi connectivity index (χ1v) is 14.9. The second-order valence-electron chi connectivity index (χ2n) is 10.8. The van der Waals surface area contributed by atoms with Crippen LogP contribution in [-0.4, -0.2) is 34.0 Å². The summed E-state index contributed by atoms with van der Waals surface area (Å²) in [6, 6.07) is 23.0. The van der Waals surface area contributed by atoms with E-state index in [1.165, 1.54) is 24.8 Å². The number of ether oxygens (including phenoxy) is 1. The summed E-state index contributed by atoms with van der Waals surface area (Å²) < 4.78 is 7.34. The highest BCUT2D eigenvalue weighted by atomic mass is 16.5. The van der Waals surface area contributed by atoms with Gasteiger partial charge in [-0.25, -0.2) is 4.98 Å². The van der Waals surface area contributed by atoms with E-state index in [2.05, 4.69) is 19.1 Å². The second-order valence-corrected chi connectivity index (χ2v) is 10.8. The average Bonchev–Trinajstić information content (AvgIpc) is 2.99. The van der Waals surface area contributed by atoms with Crippen molar-refractivity contribution in [2.75, 3.05) is 13.7 Å². The average molecular weight is 554 g/mol. The highest BCUT2D eigenvalue weighted by molar-refractivity contribution is 5.79. The highest BCUT2D eigenvalue weighted by Gasteiger charge is 2.27. The van der Waals surface area contributed by atoms with Gasteiger partial charge in [-0.05, 0) is 62.1 Å². The smallest absolute Gasteiger partial charge is 0.266 e. The predicted molar refractivity (Wildman–Crippen MR) is 167 cm³/mol. The van der Waals surface area contributed by atoms with Crippen LogP contribution in [0.2, 0.25) is 0 Å². The molecular weight excluding hydrogens is 510 g/mol. The number of carbonyl (C=O) groups is 1. The summed E-state index contributed by atoms with van der Waals surface area (Å²) >= 11 is 0. The third-order valence-corrected chi connectivity index (χ3v) is 7.77. The van der Waals surface area contributed by atoms with Crippen LogP contribution in [0.4, 0.5) is 0 Å². The zero-order valence-corrected chi connectivity index (χ0v) is 24.9. The molecule has 216 valence electrons. The Kier molecular flexibility index (Phi) is 10.7. The van der Waals surface area contributed by atoms with Crippen LogP contribution in [-0.2, 0) is 11.2 Å². The lowest BCUT2D eigenvalue weighted by Gasteiger charge is -2.31. The van der Waals surface area contributed by atoms with E-state index in [-0.39, 0.29) is 11.5 Å². The van der Waals surface area contributed by atoms with Gasteiger partial charge in [-0.3, -0.25) is 14.2 Å². The molecule has 1 heterocycles. The van der Waals surface area contributed by atoms with Gasteiger partial charge in [0.25, 0.3) is 5.56 Å². The van der Waals surface area contributed by atoms with Crippen LogP contribution in [0.15, 0.2) is 77.6 Å². The number of rotatable bonds is 14. The van der Waals surface area contributed by atoms with Gasteiger partial charge in [0.15, 0.2) is 0 Å². The minimum absolute atomic E-state index is 0.0917. The number of aryl methyl sites for hydroxylation is 1. The maximum Gasteiger partial charge on any atom is 0.266 e. The van der Waals surface area contributed by atoms with E-state index in [0.717, 1.165) is 31.2 Å². The summed E-state index contributed by atoms with van der Waals surface area (Å²) in [4.78, 5) is 34.8. The lowest BCUT2D eigenvalue weighted by molar-refractivity contribution is -0.133. The molecule has 0 saturated heterocycles. The van der Waals surface area contributed by atoms with E-state index in [1.807, 2.05) is 73.3 Å². The van der Waals surface area contributed by atoms with E-state index in [0.29, 0.717) is 41.1 Å². The Bertz CT molecular complexity index is 1500. The molecule has 0 radical (unpaired) electrons. The van der Waals surface area contributed by atoms with Crippen LogP contribution < -0.4 is 10.3 Å². The van der Waals surface area contributed by atoms with Gasteiger partial charge in [-0.15, -0.1) is 0 Å². The fourth-order valence-electron chi connectivity index (χ4n) is 5.41. The van der Waals surface area contributed by atoms with Crippen molar-refractivity contribution < 1.29 is 9.53 Å². The number of amides is 1. The third-order valence-electron chi connectivity index (χ3n) is 7.77. The maximum atomic E-state index is 14.1. The van der Waals surface area contributed by atoms with E-state index >= 15 is 0 Å². The van der Waals surface area contributed by atoms with Crippen molar-refractivity contribution in [3.05, 3.63) is 100 Å². The van der Waals surface area contributed by atoms with Crippen LogP contribution in [0.1, 0.15) is 81.8 Å². The summed E-state index contributed by atoms with van der Waals surface area (Å²) in [7, 11) is 1.60. The number of fused-ring (bicyclic) bond motifs is 1. The standard InChI is InChI=1S/C35H43N3O3/c1-5-6-7-8-9-13-20-33(39)37(24-23-28-16-11-10-12-17-28)27(3)34-36-30-19-15-14-18-29(30)35(40)38(34)31-25-26(2)21-22-32(31)41-4/h10-12,14-19,21-22,25,27H,5-9,13,20,23-24H2,1-4H3. The van der Waals surface area contributed by atoms with Crippen molar-refractivity contribution in [3.63, 3.8) is 0 Å². The molecule has 6 heteroatoms. The number of carbonyl (C=O) groups excluding carboxylic acids is 1. The number of unbranched alkanes of at least 4 members (excludes halogenated alkanes) is 5. The molecule has 1 atom stereocenters. The molecule has 0 aliphatic rings. The molecule has 41 heavy (non-hydrogen) atoms. The molecule has 4 rings (SSSR count). The molecule has 0 aliphatic heterocycles. The van der Waals surface area contributed by atoms with Gasteiger partial charge in [0.1, 0.15) is 11.6 Å². The highest BCUT2D eigenvalue weighted by Crippen LogP contribution is 2.29. The summed E-state index contributed by atoms with van der Waals surface area (Å²) in [5.74, 6) is 1.20. The van der Waals surface area contributed by atoms with Gasteiger partial charge < -0.3 is 9.64 Å². The molecule has 4 aromatic rings. The first-order chi connectivity index (χ1) is 19.9. The summed E-state index contributed by atoms with van der Waals surface area (Å²) in [6.07, 6.45) is 7.92. The fraction of sp³-hybridized carbons (Fsp3) is 0.400. The lowest BCUT2D eigenvalue weighted by atomic mass is 10.1.